The van der Waals surface area contributed by atoms with Crippen molar-refractivity contribution in [2.75, 3.05) is 7.11 Å². The van der Waals surface area contributed by atoms with Gasteiger partial charge in [0, 0.05) is 12.6 Å². The van der Waals surface area contributed by atoms with Crippen molar-refractivity contribution in [2.45, 2.75) is 33.7 Å². The van der Waals surface area contributed by atoms with Crippen LogP contribution in [0.25, 0.3) is 0 Å². The molecule has 0 saturated heterocycles. The number of hydrogen-bond acceptors (Lipinski definition) is 4. The van der Waals surface area contributed by atoms with Gasteiger partial charge in [0.15, 0.2) is 0 Å². The SMILES string of the molecule is CCc1nc(C)n(CC)c(=O)c1Oc1cccc(OC)c1. The molecule has 0 bridgehead atoms. The molecule has 0 radical (unpaired) electrons. The summed E-state index contributed by atoms with van der Waals surface area (Å²) in [6.45, 7) is 6.27. The zero-order valence-corrected chi connectivity index (χ0v) is 12.8. The Bertz CT molecular complexity index is 692. The maximum absolute atomic E-state index is 12.5. The predicted molar refractivity (Wildman–Crippen MR) is 81.4 cm³/mol. The summed E-state index contributed by atoms with van der Waals surface area (Å²) in [6, 6.07) is 7.18. The number of aromatic nitrogens is 2. The Labute approximate surface area is 124 Å². The zero-order chi connectivity index (χ0) is 15.4. The van der Waals surface area contributed by atoms with Gasteiger partial charge in [-0.15, -0.1) is 0 Å². The molecule has 0 aliphatic carbocycles. The molecule has 0 amide bonds. The van der Waals surface area contributed by atoms with Crippen LogP contribution in [-0.2, 0) is 13.0 Å². The van der Waals surface area contributed by atoms with Gasteiger partial charge in [0.05, 0.1) is 12.8 Å². The number of hydrogen-bond donors (Lipinski definition) is 0. The summed E-state index contributed by atoms with van der Waals surface area (Å²) in [4.78, 5) is 17.0. The Morgan fingerprint density at radius 3 is 2.57 bits per heavy atom. The lowest BCUT2D eigenvalue weighted by molar-refractivity contribution is 0.406. The highest BCUT2D eigenvalue weighted by molar-refractivity contribution is 5.37. The number of aryl methyl sites for hydroxylation is 2. The van der Waals surface area contributed by atoms with Crippen LogP contribution >= 0.6 is 0 Å². The first-order chi connectivity index (χ1) is 10.1. The van der Waals surface area contributed by atoms with Crippen LogP contribution in [0.2, 0.25) is 0 Å². The molecule has 0 spiro atoms. The molecule has 1 aromatic carbocycles. The molecule has 0 saturated carbocycles. The molecule has 1 aromatic heterocycles. The topological polar surface area (TPSA) is 53.4 Å². The minimum Gasteiger partial charge on any atom is -0.497 e. The quantitative estimate of drug-likeness (QED) is 0.849. The molecule has 112 valence electrons. The molecule has 0 unspecified atom stereocenters. The molecule has 0 fully saturated rings. The summed E-state index contributed by atoms with van der Waals surface area (Å²) >= 11 is 0. The maximum atomic E-state index is 12.5. The van der Waals surface area contributed by atoms with Crippen molar-refractivity contribution >= 4 is 0 Å². The van der Waals surface area contributed by atoms with Gasteiger partial charge < -0.3 is 9.47 Å². The van der Waals surface area contributed by atoms with Crippen molar-refractivity contribution in [1.82, 2.24) is 9.55 Å². The van der Waals surface area contributed by atoms with Crippen LogP contribution in [0, 0.1) is 6.92 Å². The third-order valence-electron chi connectivity index (χ3n) is 3.30. The average Bonchev–Trinajstić information content (AvgIpc) is 2.50. The van der Waals surface area contributed by atoms with E-state index in [-0.39, 0.29) is 5.56 Å². The largest absolute Gasteiger partial charge is 0.497 e. The van der Waals surface area contributed by atoms with Gasteiger partial charge in [-0.25, -0.2) is 4.98 Å². The normalized spacial score (nSPS) is 10.5. The number of ether oxygens (including phenoxy) is 2. The lowest BCUT2D eigenvalue weighted by Crippen LogP contribution is -2.25. The molecule has 1 heterocycles. The van der Waals surface area contributed by atoms with E-state index in [1.54, 1.807) is 23.8 Å². The molecule has 0 N–H and O–H groups in total. The van der Waals surface area contributed by atoms with Crippen LogP contribution in [-0.4, -0.2) is 16.7 Å². The fraction of sp³-hybridized carbons (Fsp3) is 0.375. The van der Waals surface area contributed by atoms with Gasteiger partial charge in [0.2, 0.25) is 5.75 Å². The minimum absolute atomic E-state index is 0.148. The van der Waals surface area contributed by atoms with E-state index in [0.29, 0.717) is 41.7 Å². The van der Waals surface area contributed by atoms with Crippen LogP contribution in [0.4, 0.5) is 0 Å². The summed E-state index contributed by atoms with van der Waals surface area (Å²) in [5.41, 5.74) is 0.523. The third-order valence-corrected chi connectivity index (χ3v) is 3.30. The summed E-state index contributed by atoms with van der Waals surface area (Å²) in [5.74, 6) is 2.24. The van der Waals surface area contributed by atoms with Crippen molar-refractivity contribution in [1.29, 1.82) is 0 Å². The average molecular weight is 288 g/mol. The van der Waals surface area contributed by atoms with Crippen LogP contribution in [0.3, 0.4) is 0 Å². The second kappa shape index (κ2) is 6.43. The highest BCUT2D eigenvalue weighted by Crippen LogP contribution is 2.25. The van der Waals surface area contributed by atoms with E-state index >= 15 is 0 Å². The molecule has 2 rings (SSSR count). The molecule has 5 heteroatoms. The van der Waals surface area contributed by atoms with E-state index < -0.39 is 0 Å². The predicted octanol–water partition coefficient (Wildman–Crippen LogP) is 2.93. The molecular weight excluding hydrogens is 268 g/mol. The van der Waals surface area contributed by atoms with Crippen molar-refractivity contribution in [3.8, 4) is 17.2 Å². The Balaban J connectivity index is 2.49. The monoisotopic (exact) mass is 288 g/mol. The van der Waals surface area contributed by atoms with Crippen LogP contribution in [0.1, 0.15) is 25.4 Å². The van der Waals surface area contributed by atoms with E-state index in [1.165, 1.54) is 0 Å². The molecule has 21 heavy (non-hydrogen) atoms. The van der Waals surface area contributed by atoms with Gasteiger partial charge >= 0.3 is 0 Å². The zero-order valence-electron chi connectivity index (χ0n) is 12.8. The lowest BCUT2D eigenvalue weighted by atomic mass is 10.2. The standard InChI is InChI=1S/C16H20N2O3/c1-5-14-15(16(19)18(6-2)11(3)17-14)21-13-9-7-8-12(10-13)20-4/h7-10H,5-6H2,1-4H3. The number of rotatable bonds is 5. The molecule has 0 aliphatic heterocycles. The van der Waals surface area contributed by atoms with Crippen LogP contribution < -0.4 is 15.0 Å². The van der Waals surface area contributed by atoms with Crippen molar-refractivity contribution in [3.63, 3.8) is 0 Å². The second-order valence-electron chi connectivity index (χ2n) is 4.62. The van der Waals surface area contributed by atoms with Gasteiger partial charge in [-0.2, -0.15) is 0 Å². The van der Waals surface area contributed by atoms with Gasteiger partial charge in [-0.05, 0) is 32.4 Å². The van der Waals surface area contributed by atoms with E-state index in [0.717, 1.165) is 0 Å². The van der Waals surface area contributed by atoms with Crippen LogP contribution in [0.5, 0.6) is 17.2 Å². The van der Waals surface area contributed by atoms with E-state index in [1.807, 2.05) is 32.9 Å². The Kier molecular flexibility index (Phi) is 4.62. The maximum Gasteiger partial charge on any atom is 0.296 e. The first-order valence-electron chi connectivity index (χ1n) is 7.02. The van der Waals surface area contributed by atoms with Gasteiger partial charge in [0.1, 0.15) is 17.3 Å². The summed E-state index contributed by atoms with van der Waals surface area (Å²) < 4.78 is 12.6. The second-order valence-corrected chi connectivity index (χ2v) is 4.62. The van der Waals surface area contributed by atoms with E-state index in [9.17, 15) is 4.79 Å². The summed E-state index contributed by atoms with van der Waals surface area (Å²) in [6.07, 6.45) is 0.639. The summed E-state index contributed by atoms with van der Waals surface area (Å²) in [7, 11) is 1.59. The number of methoxy groups -OCH3 is 1. The first kappa shape index (κ1) is 15.1. The van der Waals surface area contributed by atoms with E-state index in [4.69, 9.17) is 9.47 Å². The van der Waals surface area contributed by atoms with Crippen molar-refractivity contribution < 1.29 is 9.47 Å². The van der Waals surface area contributed by atoms with Gasteiger partial charge in [-0.3, -0.25) is 9.36 Å². The number of nitrogens with zero attached hydrogens (tertiary/aromatic N) is 2. The van der Waals surface area contributed by atoms with Gasteiger partial charge in [0.25, 0.3) is 5.56 Å². The third kappa shape index (κ3) is 3.07. The van der Waals surface area contributed by atoms with Crippen LogP contribution in [0.15, 0.2) is 29.1 Å². The smallest absolute Gasteiger partial charge is 0.296 e. The molecule has 2 aromatic rings. The fourth-order valence-electron chi connectivity index (χ4n) is 2.20. The Hall–Kier alpha value is -2.30. The molecule has 5 nitrogen and oxygen atoms in total. The Morgan fingerprint density at radius 2 is 1.95 bits per heavy atom. The molecular formula is C16H20N2O3. The fourth-order valence-corrected chi connectivity index (χ4v) is 2.20. The highest BCUT2D eigenvalue weighted by Gasteiger charge is 2.15. The van der Waals surface area contributed by atoms with E-state index in [2.05, 4.69) is 4.98 Å². The molecule has 0 atom stereocenters. The lowest BCUT2D eigenvalue weighted by Gasteiger charge is -2.14. The van der Waals surface area contributed by atoms with Crippen molar-refractivity contribution in [2.24, 2.45) is 0 Å². The Morgan fingerprint density at radius 1 is 1.24 bits per heavy atom. The number of benzene rings is 1. The van der Waals surface area contributed by atoms with Gasteiger partial charge in [-0.1, -0.05) is 13.0 Å². The molecule has 0 aliphatic rings. The van der Waals surface area contributed by atoms with Crippen molar-refractivity contribution in [3.05, 3.63) is 46.1 Å². The summed E-state index contributed by atoms with van der Waals surface area (Å²) in [5, 5.41) is 0. The highest BCUT2D eigenvalue weighted by atomic mass is 16.5. The minimum atomic E-state index is -0.148. The first-order valence-corrected chi connectivity index (χ1v) is 7.02.